The molecule has 4 nitrogen and oxygen atoms in total. The molecule has 0 bridgehead atoms. The molecule has 0 unspecified atom stereocenters. The van der Waals surface area contributed by atoms with Gasteiger partial charge in [0.15, 0.2) is 0 Å². The van der Waals surface area contributed by atoms with Crippen molar-refractivity contribution in [2.45, 2.75) is 16.7 Å². The SMILES string of the molecule is CC(=NOS(C)(=O)=O)c1ccc(Sc2ccccc2)cc1. The molecule has 0 radical (unpaired) electrons. The van der Waals surface area contributed by atoms with Gasteiger partial charge in [0.2, 0.25) is 0 Å². The van der Waals surface area contributed by atoms with E-state index in [0.717, 1.165) is 21.6 Å². The van der Waals surface area contributed by atoms with E-state index in [9.17, 15) is 8.42 Å². The lowest BCUT2D eigenvalue weighted by Crippen LogP contribution is -2.01. The first-order valence-electron chi connectivity index (χ1n) is 6.20. The van der Waals surface area contributed by atoms with Crippen molar-refractivity contribution in [2.75, 3.05) is 6.26 Å². The van der Waals surface area contributed by atoms with Crippen LogP contribution < -0.4 is 0 Å². The molecule has 2 aromatic rings. The molecule has 0 heterocycles. The van der Waals surface area contributed by atoms with Crippen LogP contribution in [0.3, 0.4) is 0 Å². The lowest BCUT2D eigenvalue weighted by Gasteiger charge is -2.04. The van der Waals surface area contributed by atoms with E-state index in [1.165, 1.54) is 0 Å². The Morgan fingerprint density at radius 1 is 1.00 bits per heavy atom. The van der Waals surface area contributed by atoms with Crippen molar-refractivity contribution in [3.8, 4) is 0 Å². The van der Waals surface area contributed by atoms with E-state index in [2.05, 4.69) is 9.44 Å². The molecule has 2 aromatic carbocycles. The van der Waals surface area contributed by atoms with Gasteiger partial charge in [-0.1, -0.05) is 47.2 Å². The summed E-state index contributed by atoms with van der Waals surface area (Å²) in [5, 5.41) is 3.60. The molecule has 0 amide bonds. The average molecular weight is 321 g/mol. The molecular weight excluding hydrogens is 306 g/mol. The zero-order chi connectivity index (χ0) is 15.3. The number of hydrogen-bond donors (Lipinski definition) is 0. The van der Waals surface area contributed by atoms with E-state index in [4.69, 9.17) is 0 Å². The number of hydrogen-bond acceptors (Lipinski definition) is 5. The lowest BCUT2D eigenvalue weighted by molar-refractivity contribution is 0.343. The number of rotatable bonds is 5. The van der Waals surface area contributed by atoms with E-state index in [0.29, 0.717) is 5.71 Å². The highest BCUT2D eigenvalue weighted by molar-refractivity contribution is 7.99. The molecule has 6 heteroatoms. The minimum atomic E-state index is -3.57. The predicted molar refractivity (Wildman–Crippen MR) is 85.1 cm³/mol. The normalized spacial score (nSPS) is 12.2. The molecule has 0 N–H and O–H groups in total. The van der Waals surface area contributed by atoms with Crippen molar-refractivity contribution < 1.29 is 12.7 Å². The number of nitrogens with zero attached hydrogens (tertiary/aromatic N) is 1. The standard InChI is InChI=1S/C15H15NO3S2/c1-12(16-19-21(2,17)18)13-8-10-15(11-9-13)20-14-6-4-3-5-7-14/h3-11H,1-2H3. The van der Waals surface area contributed by atoms with Gasteiger partial charge in [0.05, 0.1) is 12.0 Å². The van der Waals surface area contributed by atoms with E-state index < -0.39 is 10.1 Å². The molecule has 0 aliphatic carbocycles. The summed E-state index contributed by atoms with van der Waals surface area (Å²) in [6, 6.07) is 17.8. The largest absolute Gasteiger partial charge is 0.325 e. The Kier molecular flexibility index (Phi) is 5.03. The third-order valence-electron chi connectivity index (χ3n) is 2.56. The maximum absolute atomic E-state index is 10.9. The highest BCUT2D eigenvalue weighted by atomic mass is 32.2. The molecule has 0 aromatic heterocycles. The molecular formula is C15H15NO3S2. The zero-order valence-electron chi connectivity index (χ0n) is 11.7. The van der Waals surface area contributed by atoms with E-state index >= 15 is 0 Å². The van der Waals surface area contributed by atoms with Gasteiger partial charge in [-0.05, 0) is 36.8 Å². The van der Waals surface area contributed by atoms with Crippen molar-refractivity contribution in [1.82, 2.24) is 0 Å². The summed E-state index contributed by atoms with van der Waals surface area (Å²) in [5.41, 5.74) is 1.33. The summed E-state index contributed by atoms with van der Waals surface area (Å²) in [6.45, 7) is 1.70. The Morgan fingerprint density at radius 3 is 2.14 bits per heavy atom. The average Bonchev–Trinajstić information content (AvgIpc) is 2.46. The lowest BCUT2D eigenvalue weighted by atomic mass is 10.1. The molecule has 2 rings (SSSR count). The first kappa shape index (κ1) is 15.6. The van der Waals surface area contributed by atoms with Gasteiger partial charge in [0, 0.05) is 9.79 Å². The maximum Gasteiger partial charge on any atom is 0.325 e. The molecule has 110 valence electrons. The van der Waals surface area contributed by atoms with Gasteiger partial charge >= 0.3 is 10.1 Å². The molecule has 0 aliphatic heterocycles. The van der Waals surface area contributed by atoms with Crippen LogP contribution in [0, 0.1) is 0 Å². The van der Waals surface area contributed by atoms with Gasteiger partial charge in [-0.15, -0.1) is 0 Å². The van der Waals surface area contributed by atoms with Crippen LogP contribution >= 0.6 is 11.8 Å². The summed E-state index contributed by atoms with van der Waals surface area (Å²) in [7, 11) is -3.57. The maximum atomic E-state index is 10.9. The summed E-state index contributed by atoms with van der Waals surface area (Å²) in [4.78, 5) is 2.26. The van der Waals surface area contributed by atoms with Crippen molar-refractivity contribution in [2.24, 2.45) is 5.16 Å². The van der Waals surface area contributed by atoms with Crippen LogP contribution in [0.15, 0.2) is 69.5 Å². The minimum Gasteiger partial charge on any atom is -0.268 e. The Morgan fingerprint density at radius 2 is 1.57 bits per heavy atom. The Bertz CT molecular complexity index is 723. The van der Waals surface area contributed by atoms with E-state index in [1.807, 2.05) is 54.6 Å². The summed E-state index contributed by atoms with van der Waals surface area (Å²) in [5.74, 6) is 0. The van der Waals surface area contributed by atoms with E-state index in [1.54, 1.807) is 18.7 Å². The quantitative estimate of drug-likeness (QED) is 0.624. The van der Waals surface area contributed by atoms with E-state index in [-0.39, 0.29) is 0 Å². The van der Waals surface area contributed by atoms with Gasteiger partial charge in [-0.3, -0.25) is 4.28 Å². The number of benzene rings is 2. The number of oxime groups is 1. The Balaban J connectivity index is 2.08. The van der Waals surface area contributed by atoms with Crippen molar-refractivity contribution in [1.29, 1.82) is 0 Å². The Labute approximate surface area is 129 Å². The summed E-state index contributed by atoms with van der Waals surface area (Å²) >= 11 is 1.66. The molecule has 0 saturated heterocycles. The molecule has 0 atom stereocenters. The third-order valence-corrected chi connectivity index (χ3v) is 3.92. The predicted octanol–water partition coefficient (Wildman–Crippen LogP) is 3.54. The second-order valence-electron chi connectivity index (χ2n) is 4.39. The van der Waals surface area contributed by atoms with Gasteiger partial charge in [-0.2, -0.15) is 8.42 Å². The van der Waals surface area contributed by atoms with Crippen LogP contribution in [0.5, 0.6) is 0 Å². The Hall–Kier alpha value is -1.79. The van der Waals surface area contributed by atoms with Crippen LogP contribution in [0.1, 0.15) is 12.5 Å². The monoisotopic (exact) mass is 321 g/mol. The van der Waals surface area contributed by atoms with Crippen LogP contribution in [0.25, 0.3) is 0 Å². The van der Waals surface area contributed by atoms with Crippen LogP contribution in [-0.2, 0) is 14.4 Å². The van der Waals surface area contributed by atoms with Gasteiger partial charge in [0.1, 0.15) is 0 Å². The highest BCUT2D eigenvalue weighted by Crippen LogP contribution is 2.27. The fourth-order valence-corrected chi connectivity index (χ4v) is 2.65. The molecule has 0 spiro atoms. The summed E-state index contributed by atoms with van der Waals surface area (Å²) in [6.07, 6.45) is 0.962. The highest BCUT2D eigenvalue weighted by Gasteiger charge is 2.03. The first-order chi connectivity index (χ1) is 9.94. The third kappa shape index (κ3) is 5.24. The van der Waals surface area contributed by atoms with Gasteiger partial charge < -0.3 is 0 Å². The minimum absolute atomic E-state index is 0.511. The fourth-order valence-electron chi connectivity index (χ4n) is 1.57. The summed E-state index contributed by atoms with van der Waals surface area (Å²) < 4.78 is 26.2. The van der Waals surface area contributed by atoms with Gasteiger partial charge in [-0.25, -0.2) is 0 Å². The molecule has 21 heavy (non-hydrogen) atoms. The topological polar surface area (TPSA) is 55.7 Å². The van der Waals surface area contributed by atoms with Crippen LogP contribution in [0.4, 0.5) is 0 Å². The van der Waals surface area contributed by atoms with Crippen LogP contribution in [0.2, 0.25) is 0 Å². The molecule has 0 aliphatic rings. The van der Waals surface area contributed by atoms with Crippen molar-refractivity contribution >= 4 is 27.6 Å². The molecule has 0 saturated carbocycles. The van der Waals surface area contributed by atoms with Crippen LogP contribution in [-0.4, -0.2) is 20.4 Å². The van der Waals surface area contributed by atoms with Crippen molar-refractivity contribution in [3.63, 3.8) is 0 Å². The molecule has 0 fully saturated rings. The second-order valence-corrected chi connectivity index (χ2v) is 7.10. The zero-order valence-corrected chi connectivity index (χ0v) is 13.3. The van der Waals surface area contributed by atoms with Gasteiger partial charge in [0.25, 0.3) is 0 Å². The fraction of sp³-hybridized carbons (Fsp3) is 0.133. The first-order valence-corrected chi connectivity index (χ1v) is 8.84. The van der Waals surface area contributed by atoms with Crippen molar-refractivity contribution in [3.05, 3.63) is 60.2 Å². The smallest absolute Gasteiger partial charge is 0.268 e. The second kappa shape index (κ2) is 6.78.